The number of carbonyl (C=O) groups is 1. The minimum absolute atomic E-state index is 0.0419. The molecule has 3 aromatic rings. The summed E-state index contributed by atoms with van der Waals surface area (Å²) in [5.74, 6) is 0.539. The molecule has 1 saturated carbocycles. The Balaban J connectivity index is 1.26. The lowest BCUT2D eigenvalue weighted by atomic mass is 9.86. The maximum absolute atomic E-state index is 12.9. The van der Waals surface area contributed by atoms with Gasteiger partial charge in [0.2, 0.25) is 0 Å². The van der Waals surface area contributed by atoms with Gasteiger partial charge in [-0.1, -0.05) is 18.9 Å². The highest BCUT2D eigenvalue weighted by molar-refractivity contribution is 7.93. The molecule has 172 valence electrons. The van der Waals surface area contributed by atoms with Gasteiger partial charge in [0.15, 0.2) is 0 Å². The van der Waals surface area contributed by atoms with Crippen LogP contribution in [-0.2, 0) is 10.0 Å². The molecule has 0 bridgehead atoms. The summed E-state index contributed by atoms with van der Waals surface area (Å²) in [7, 11) is -3.89. The molecule has 0 atom stereocenters. The van der Waals surface area contributed by atoms with E-state index in [0.29, 0.717) is 54.1 Å². The average Bonchev–Trinajstić information content (AvgIpc) is 3.62. The number of nitrogens with zero attached hydrogens (tertiary/aromatic N) is 3. The maximum Gasteiger partial charge on any atom is 0.264 e. The summed E-state index contributed by atoms with van der Waals surface area (Å²) < 4.78 is 28.4. The predicted octanol–water partition coefficient (Wildman–Crippen LogP) is 3.20. The highest BCUT2D eigenvalue weighted by Gasteiger charge is 2.38. The number of para-hydroxylation sites is 1. The van der Waals surface area contributed by atoms with Crippen molar-refractivity contribution in [1.82, 2.24) is 14.9 Å². The first-order chi connectivity index (χ1) is 15.8. The number of amides is 1. The van der Waals surface area contributed by atoms with E-state index in [1.165, 1.54) is 31.3 Å². The van der Waals surface area contributed by atoms with Gasteiger partial charge in [0.05, 0.1) is 11.1 Å². The molecule has 2 fully saturated rings. The standard InChI is InChI=1S/C24H26N4O4S/c29-23(28-14-10-24(30,11-15-28)16-17-4-5-17)18-6-8-19(9-7-18)27-33(31,32)21-3-1-2-20-22(21)26-13-12-25-20/h1-3,6-9,12-13,17,27,30H,4-5,10-11,14-16H2. The zero-order valence-corrected chi connectivity index (χ0v) is 19.0. The number of nitrogens with one attached hydrogen (secondary N) is 1. The normalized spacial score (nSPS) is 18.3. The third-order valence-corrected chi connectivity index (χ3v) is 7.90. The average molecular weight is 467 g/mol. The lowest BCUT2D eigenvalue weighted by molar-refractivity contribution is -0.0267. The second-order valence-electron chi connectivity index (χ2n) is 9.03. The Morgan fingerprint density at radius 2 is 1.76 bits per heavy atom. The first kappa shape index (κ1) is 21.8. The van der Waals surface area contributed by atoms with E-state index in [2.05, 4.69) is 14.7 Å². The van der Waals surface area contributed by atoms with Crippen molar-refractivity contribution in [1.29, 1.82) is 0 Å². The van der Waals surface area contributed by atoms with Crippen LogP contribution < -0.4 is 4.72 Å². The van der Waals surface area contributed by atoms with Gasteiger partial charge in [-0.15, -0.1) is 0 Å². The zero-order chi connectivity index (χ0) is 23.1. The second kappa shape index (κ2) is 8.39. The van der Waals surface area contributed by atoms with Crippen molar-refractivity contribution in [3.8, 4) is 0 Å². The van der Waals surface area contributed by atoms with E-state index in [9.17, 15) is 18.3 Å². The van der Waals surface area contributed by atoms with Crippen LogP contribution in [0.15, 0.2) is 59.8 Å². The predicted molar refractivity (Wildman–Crippen MR) is 124 cm³/mol. The Morgan fingerprint density at radius 3 is 2.45 bits per heavy atom. The number of carbonyl (C=O) groups excluding carboxylic acids is 1. The number of likely N-dealkylation sites (tertiary alicyclic amines) is 1. The van der Waals surface area contributed by atoms with Gasteiger partial charge in [-0.2, -0.15) is 0 Å². The molecular formula is C24H26N4O4S. The summed E-state index contributed by atoms with van der Waals surface area (Å²) in [6.07, 6.45) is 7.41. The van der Waals surface area contributed by atoms with Crippen LogP contribution in [0.4, 0.5) is 5.69 Å². The first-order valence-corrected chi connectivity index (χ1v) is 12.7. The molecule has 33 heavy (non-hydrogen) atoms. The van der Waals surface area contributed by atoms with Crippen LogP contribution in [0.3, 0.4) is 0 Å². The fraction of sp³-hybridized carbons (Fsp3) is 0.375. The molecule has 9 heteroatoms. The second-order valence-corrected chi connectivity index (χ2v) is 10.7. The third kappa shape index (κ3) is 4.69. The van der Waals surface area contributed by atoms with Crippen LogP contribution in [0.25, 0.3) is 11.0 Å². The summed E-state index contributed by atoms with van der Waals surface area (Å²) in [4.78, 5) is 23.0. The number of sulfonamides is 1. The Morgan fingerprint density at radius 1 is 1.06 bits per heavy atom. The molecule has 0 unspecified atom stereocenters. The van der Waals surface area contributed by atoms with Gasteiger partial charge in [0, 0.05) is 36.7 Å². The molecule has 2 N–H and O–H groups in total. The Kier molecular flexibility index (Phi) is 5.54. The molecule has 2 aliphatic rings. The molecule has 1 amide bonds. The van der Waals surface area contributed by atoms with Crippen molar-refractivity contribution in [2.45, 2.75) is 42.6 Å². The fourth-order valence-corrected chi connectivity index (χ4v) is 5.67. The lowest BCUT2D eigenvalue weighted by Crippen LogP contribution is -2.46. The molecule has 1 aliphatic carbocycles. The highest BCUT2D eigenvalue weighted by atomic mass is 32.2. The van der Waals surface area contributed by atoms with Gasteiger partial charge in [0.1, 0.15) is 10.4 Å². The number of piperidine rings is 1. The van der Waals surface area contributed by atoms with Crippen LogP contribution >= 0.6 is 0 Å². The highest BCUT2D eigenvalue weighted by Crippen LogP contribution is 2.40. The molecule has 1 aromatic heterocycles. The molecule has 1 aliphatic heterocycles. The van der Waals surface area contributed by atoms with Crippen molar-refractivity contribution in [3.63, 3.8) is 0 Å². The van der Waals surface area contributed by atoms with Crippen LogP contribution in [0, 0.1) is 5.92 Å². The van der Waals surface area contributed by atoms with Crippen molar-refractivity contribution >= 4 is 32.7 Å². The van der Waals surface area contributed by atoms with E-state index in [0.717, 1.165) is 6.42 Å². The fourth-order valence-electron chi connectivity index (χ4n) is 4.45. The molecule has 5 rings (SSSR count). The molecule has 2 heterocycles. The van der Waals surface area contributed by atoms with Crippen LogP contribution in [0.5, 0.6) is 0 Å². The van der Waals surface area contributed by atoms with Gasteiger partial charge < -0.3 is 10.0 Å². The smallest absolute Gasteiger partial charge is 0.264 e. The van der Waals surface area contributed by atoms with Crippen LogP contribution in [0.2, 0.25) is 0 Å². The summed E-state index contributed by atoms with van der Waals surface area (Å²) in [6.45, 7) is 1.05. The largest absolute Gasteiger partial charge is 0.390 e. The molecule has 1 saturated heterocycles. The van der Waals surface area contributed by atoms with Gasteiger partial charge in [-0.3, -0.25) is 19.5 Å². The number of aliphatic hydroxyl groups is 1. The summed E-state index contributed by atoms with van der Waals surface area (Å²) in [5.41, 5.74) is 0.982. The van der Waals surface area contributed by atoms with Gasteiger partial charge >= 0.3 is 0 Å². The monoisotopic (exact) mass is 466 g/mol. The van der Waals surface area contributed by atoms with Crippen molar-refractivity contribution in [3.05, 3.63) is 60.4 Å². The first-order valence-electron chi connectivity index (χ1n) is 11.2. The van der Waals surface area contributed by atoms with Gasteiger partial charge in [-0.05, 0) is 61.6 Å². The zero-order valence-electron chi connectivity index (χ0n) is 18.1. The number of rotatable bonds is 6. The third-order valence-electron chi connectivity index (χ3n) is 6.48. The summed E-state index contributed by atoms with van der Waals surface area (Å²) >= 11 is 0. The van der Waals surface area contributed by atoms with E-state index < -0.39 is 15.6 Å². The number of fused-ring (bicyclic) bond motifs is 1. The van der Waals surface area contributed by atoms with Crippen molar-refractivity contribution in [2.75, 3.05) is 17.8 Å². The van der Waals surface area contributed by atoms with Crippen LogP contribution in [-0.4, -0.2) is 53.0 Å². The van der Waals surface area contributed by atoms with E-state index >= 15 is 0 Å². The van der Waals surface area contributed by atoms with Crippen LogP contribution in [0.1, 0.15) is 42.5 Å². The van der Waals surface area contributed by atoms with Gasteiger partial charge in [-0.25, -0.2) is 8.42 Å². The molecule has 0 spiro atoms. The van der Waals surface area contributed by atoms with Gasteiger partial charge in [0.25, 0.3) is 15.9 Å². The molecule has 2 aromatic carbocycles. The minimum atomic E-state index is -3.89. The van der Waals surface area contributed by atoms with Crippen molar-refractivity contribution in [2.24, 2.45) is 5.92 Å². The van der Waals surface area contributed by atoms with E-state index in [-0.39, 0.29) is 10.8 Å². The summed E-state index contributed by atoms with van der Waals surface area (Å²) in [6, 6.07) is 11.2. The van der Waals surface area contributed by atoms with E-state index in [4.69, 9.17) is 0 Å². The lowest BCUT2D eigenvalue weighted by Gasteiger charge is -2.38. The number of hydrogen-bond donors (Lipinski definition) is 2. The Labute approximate surface area is 192 Å². The molecule has 8 nitrogen and oxygen atoms in total. The number of benzene rings is 2. The van der Waals surface area contributed by atoms with E-state index in [1.54, 1.807) is 41.3 Å². The SMILES string of the molecule is O=C(c1ccc(NS(=O)(=O)c2cccc3nccnc23)cc1)N1CCC(O)(CC2CC2)CC1. The number of anilines is 1. The summed E-state index contributed by atoms with van der Waals surface area (Å²) in [5, 5.41) is 10.7. The Bertz CT molecular complexity index is 1280. The van der Waals surface area contributed by atoms with Crippen molar-refractivity contribution < 1.29 is 18.3 Å². The number of aromatic nitrogens is 2. The topological polar surface area (TPSA) is 112 Å². The molecular weight excluding hydrogens is 440 g/mol. The molecule has 0 radical (unpaired) electrons. The van der Waals surface area contributed by atoms with E-state index in [1.807, 2.05) is 0 Å². The quantitative estimate of drug-likeness (QED) is 0.577. The minimum Gasteiger partial charge on any atom is -0.390 e. The maximum atomic E-state index is 12.9. The Hall–Kier alpha value is -3.04. The number of hydrogen-bond acceptors (Lipinski definition) is 6.